The van der Waals surface area contributed by atoms with Crippen molar-refractivity contribution in [1.82, 2.24) is 20.9 Å². The number of aliphatic imine (C=N–C) groups is 1. The van der Waals surface area contributed by atoms with Crippen LogP contribution in [0.5, 0.6) is 0 Å². The molecule has 0 atom stereocenters. The predicted octanol–water partition coefficient (Wildman–Crippen LogP) is 2.73. The Morgan fingerprint density at radius 1 is 1.13 bits per heavy atom. The highest BCUT2D eigenvalue weighted by Gasteiger charge is 2.20. The topological polar surface area (TPSA) is 68.8 Å². The highest BCUT2D eigenvalue weighted by molar-refractivity contribution is 5.94. The Balaban J connectivity index is 1.41. The highest BCUT2D eigenvalue weighted by Crippen LogP contribution is 2.16. The molecule has 1 aliphatic rings. The SMILES string of the molecule is CN=C(NCCc1cccc(C(=O)NC)c1)NC1CCN(Cc2ccccc2C)CC1. The third kappa shape index (κ3) is 6.82. The maximum absolute atomic E-state index is 11.8. The number of carbonyl (C=O) groups excluding carboxylic acids is 1. The zero-order valence-electron chi connectivity index (χ0n) is 18.9. The van der Waals surface area contributed by atoms with Gasteiger partial charge in [-0.2, -0.15) is 0 Å². The van der Waals surface area contributed by atoms with E-state index >= 15 is 0 Å². The molecular weight excluding hydrogens is 386 g/mol. The summed E-state index contributed by atoms with van der Waals surface area (Å²) in [4.78, 5) is 18.7. The number of rotatable bonds is 7. The molecule has 0 bridgehead atoms. The first-order chi connectivity index (χ1) is 15.1. The Morgan fingerprint density at radius 3 is 2.61 bits per heavy atom. The van der Waals surface area contributed by atoms with Crippen LogP contribution in [-0.2, 0) is 13.0 Å². The molecule has 0 spiro atoms. The number of nitrogens with zero attached hydrogens (tertiary/aromatic N) is 2. The first-order valence-electron chi connectivity index (χ1n) is 11.1. The number of guanidine groups is 1. The second-order valence-corrected chi connectivity index (χ2v) is 8.15. The number of likely N-dealkylation sites (tertiary alicyclic amines) is 1. The van der Waals surface area contributed by atoms with Crippen molar-refractivity contribution in [3.05, 3.63) is 70.8 Å². The Hall–Kier alpha value is -2.86. The summed E-state index contributed by atoms with van der Waals surface area (Å²) >= 11 is 0. The molecule has 0 saturated carbocycles. The van der Waals surface area contributed by atoms with Crippen molar-refractivity contribution in [3.63, 3.8) is 0 Å². The van der Waals surface area contributed by atoms with Crippen molar-refractivity contribution >= 4 is 11.9 Å². The molecule has 0 unspecified atom stereocenters. The van der Waals surface area contributed by atoms with Crippen LogP contribution < -0.4 is 16.0 Å². The van der Waals surface area contributed by atoms with Gasteiger partial charge in [0, 0.05) is 51.9 Å². The largest absolute Gasteiger partial charge is 0.356 e. The molecule has 1 amide bonds. The first-order valence-corrected chi connectivity index (χ1v) is 11.1. The Kier molecular flexibility index (Phi) is 8.47. The van der Waals surface area contributed by atoms with E-state index in [4.69, 9.17) is 0 Å². The number of hydrogen-bond acceptors (Lipinski definition) is 3. The van der Waals surface area contributed by atoms with Crippen molar-refractivity contribution in [2.24, 2.45) is 4.99 Å². The van der Waals surface area contributed by atoms with Gasteiger partial charge in [-0.3, -0.25) is 14.7 Å². The molecule has 166 valence electrons. The maximum Gasteiger partial charge on any atom is 0.251 e. The first kappa shape index (κ1) is 22.8. The van der Waals surface area contributed by atoms with E-state index in [2.05, 4.69) is 63.1 Å². The Bertz CT molecular complexity index is 887. The van der Waals surface area contributed by atoms with Gasteiger partial charge in [0.1, 0.15) is 0 Å². The number of benzene rings is 2. The summed E-state index contributed by atoms with van der Waals surface area (Å²) in [6, 6.07) is 16.8. The van der Waals surface area contributed by atoms with Crippen LogP contribution in [0, 0.1) is 6.92 Å². The summed E-state index contributed by atoms with van der Waals surface area (Å²) in [6.07, 6.45) is 3.06. The van der Waals surface area contributed by atoms with Crippen LogP contribution in [0.1, 0.15) is 39.9 Å². The summed E-state index contributed by atoms with van der Waals surface area (Å²) < 4.78 is 0. The van der Waals surface area contributed by atoms with Crippen molar-refractivity contribution in [3.8, 4) is 0 Å². The van der Waals surface area contributed by atoms with Crippen molar-refractivity contribution in [2.45, 2.75) is 38.8 Å². The van der Waals surface area contributed by atoms with E-state index in [9.17, 15) is 4.79 Å². The summed E-state index contributed by atoms with van der Waals surface area (Å²) in [5, 5.41) is 9.66. The van der Waals surface area contributed by atoms with E-state index in [0.29, 0.717) is 11.6 Å². The van der Waals surface area contributed by atoms with Gasteiger partial charge in [0.25, 0.3) is 5.91 Å². The minimum atomic E-state index is -0.0546. The molecule has 0 aliphatic carbocycles. The van der Waals surface area contributed by atoms with Gasteiger partial charge >= 0.3 is 0 Å². The molecule has 0 aromatic heterocycles. The summed E-state index contributed by atoms with van der Waals surface area (Å²) in [6.45, 7) is 6.17. The van der Waals surface area contributed by atoms with E-state index in [-0.39, 0.29) is 5.91 Å². The monoisotopic (exact) mass is 421 g/mol. The molecule has 1 fully saturated rings. The van der Waals surface area contributed by atoms with Gasteiger partial charge < -0.3 is 16.0 Å². The van der Waals surface area contributed by atoms with Crippen LogP contribution in [0.25, 0.3) is 0 Å². The summed E-state index contributed by atoms with van der Waals surface area (Å²) in [5.74, 6) is 0.792. The quantitative estimate of drug-likeness (QED) is 0.475. The van der Waals surface area contributed by atoms with Crippen LogP contribution in [0.3, 0.4) is 0 Å². The molecule has 3 N–H and O–H groups in total. The molecule has 6 nitrogen and oxygen atoms in total. The molecular formula is C25H35N5O. The summed E-state index contributed by atoms with van der Waals surface area (Å²) in [5.41, 5.74) is 4.62. The lowest BCUT2D eigenvalue weighted by molar-refractivity contribution is 0.0963. The molecule has 3 rings (SSSR count). The molecule has 1 heterocycles. The Labute approximate surface area is 186 Å². The number of aryl methyl sites for hydroxylation is 1. The highest BCUT2D eigenvalue weighted by atomic mass is 16.1. The van der Waals surface area contributed by atoms with E-state index in [0.717, 1.165) is 57.0 Å². The Morgan fingerprint density at radius 2 is 1.90 bits per heavy atom. The molecule has 31 heavy (non-hydrogen) atoms. The minimum Gasteiger partial charge on any atom is -0.356 e. The number of amides is 1. The van der Waals surface area contributed by atoms with Gasteiger partial charge in [0.05, 0.1) is 0 Å². The van der Waals surface area contributed by atoms with Gasteiger partial charge in [-0.05, 0) is 55.0 Å². The van der Waals surface area contributed by atoms with Gasteiger partial charge in [-0.1, -0.05) is 36.4 Å². The predicted molar refractivity (Wildman–Crippen MR) is 128 cm³/mol. The number of carbonyl (C=O) groups is 1. The molecule has 2 aromatic carbocycles. The van der Waals surface area contributed by atoms with E-state index in [1.165, 1.54) is 11.1 Å². The maximum atomic E-state index is 11.8. The fourth-order valence-electron chi connectivity index (χ4n) is 3.99. The van der Waals surface area contributed by atoms with Crippen molar-refractivity contribution in [2.75, 3.05) is 33.7 Å². The molecule has 2 aromatic rings. The van der Waals surface area contributed by atoms with Gasteiger partial charge in [0.15, 0.2) is 5.96 Å². The number of hydrogen-bond donors (Lipinski definition) is 3. The molecule has 1 aliphatic heterocycles. The van der Waals surface area contributed by atoms with E-state index in [1.807, 2.05) is 25.2 Å². The lowest BCUT2D eigenvalue weighted by Gasteiger charge is -2.33. The fraction of sp³-hybridized carbons (Fsp3) is 0.440. The van der Waals surface area contributed by atoms with E-state index < -0.39 is 0 Å². The lowest BCUT2D eigenvalue weighted by atomic mass is 10.0. The lowest BCUT2D eigenvalue weighted by Crippen LogP contribution is -2.48. The molecule has 0 radical (unpaired) electrons. The number of nitrogens with one attached hydrogen (secondary N) is 3. The van der Waals surface area contributed by atoms with Crippen LogP contribution >= 0.6 is 0 Å². The average Bonchev–Trinajstić information content (AvgIpc) is 2.80. The van der Waals surface area contributed by atoms with Gasteiger partial charge in [-0.15, -0.1) is 0 Å². The van der Waals surface area contributed by atoms with Gasteiger partial charge in [-0.25, -0.2) is 0 Å². The standard InChI is InChI=1S/C25H35N5O/c1-19-7-4-5-9-22(19)18-30-15-12-23(13-16-30)29-25(27-3)28-14-11-20-8-6-10-21(17-20)24(31)26-2/h4-10,17,23H,11-16,18H2,1-3H3,(H,26,31)(H2,27,28,29). The number of piperidine rings is 1. The van der Waals surface area contributed by atoms with Gasteiger partial charge in [0.2, 0.25) is 0 Å². The summed E-state index contributed by atoms with van der Waals surface area (Å²) in [7, 11) is 3.47. The third-order valence-electron chi connectivity index (χ3n) is 5.93. The van der Waals surface area contributed by atoms with Crippen LogP contribution in [0.2, 0.25) is 0 Å². The third-order valence-corrected chi connectivity index (χ3v) is 5.93. The second kappa shape index (κ2) is 11.5. The van der Waals surface area contributed by atoms with Crippen LogP contribution in [0.4, 0.5) is 0 Å². The zero-order valence-corrected chi connectivity index (χ0v) is 18.9. The normalized spacial score (nSPS) is 15.5. The van der Waals surface area contributed by atoms with Crippen LogP contribution in [-0.4, -0.2) is 56.5 Å². The second-order valence-electron chi connectivity index (χ2n) is 8.15. The smallest absolute Gasteiger partial charge is 0.251 e. The van der Waals surface area contributed by atoms with E-state index in [1.54, 1.807) is 7.05 Å². The zero-order chi connectivity index (χ0) is 22.1. The average molecular weight is 422 g/mol. The molecule has 1 saturated heterocycles. The minimum absolute atomic E-state index is 0.0546. The van der Waals surface area contributed by atoms with Crippen molar-refractivity contribution in [1.29, 1.82) is 0 Å². The van der Waals surface area contributed by atoms with Crippen LogP contribution in [0.15, 0.2) is 53.5 Å². The van der Waals surface area contributed by atoms with Crippen molar-refractivity contribution < 1.29 is 4.79 Å². The molecule has 6 heteroatoms. The fourth-order valence-corrected chi connectivity index (χ4v) is 3.99.